The molecule has 0 saturated heterocycles. The molecule has 0 spiro atoms. The summed E-state index contributed by atoms with van der Waals surface area (Å²) in [6.45, 7) is 7.88. The van der Waals surface area contributed by atoms with Gasteiger partial charge in [0.15, 0.2) is 10.3 Å². The largest absolute Gasteiger partial charge is 0.303 e. The van der Waals surface area contributed by atoms with Crippen LogP contribution in [0.2, 0.25) is 0 Å². The van der Waals surface area contributed by atoms with Gasteiger partial charge in [-0.25, -0.2) is 9.97 Å². The number of amides is 1. The Labute approximate surface area is 173 Å². The highest BCUT2D eigenvalue weighted by atomic mass is 32.2. The highest BCUT2D eigenvalue weighted by Crippen LogP contribution is 2.23. The van der Waals surface area contributed by atoms with E-state index in [9.17, 15) is 4.79 Å². The molecule has 0 radical (unpaired) electrons. The molecule has 8 heteroatoms. The summed E-state index contributed by atoms with van der Waals surface area (Å²) in [5.41, 5.74) is 4.97. The number of rotatable bonds is 5. The molecule has 3 rings (SSSR count). The fraction of sp³-hybridized carbons (Fsp3) is 0.350. The van der Waals surface area contributed by atoms with Gasteiger partial charge in [-0.1, -0.05) is 60.3 Å². The molecule has 1 aliphatic rings. The van der Waals surface area contributed by atoms with E-state index in [0.717, 1.165) is 22.7 Å². The van der Waals surface area contributed by atoms with Crippen LogP contribution in [-0.4, -0.2) is 37.8 Å². The Morgan fingerprint density at radius 1 is 1.14 bits per heavy atom. The zero-order valence-electron chi connectivity index (χ0n) is 16.4. The van der Waals surface area contributed by atoms with E-state index in [2.05, 4.69) is 44.5 Å². The van der Waals surface area contributed by atoms with Crippen LogP contribution in [0.5, 0.6) is 0 Å². The van der Waals surface area contributed by atoms with E-state index in [0.29, 0.717) is 22.5 Å². The normalized spacial score (nSPS) is 14.9. The molecule has 1 aliphatic heterocycles. The number of carbonyl (C=O) groups excluding carboxylic acids is 1. The molecule has 2 aromatic rings. The van der Waals surface area contributed by atoms with Gasteiger partial charge in [0.1, 0.15) is 0 Å². The lowest BCUT2D eigenvalue weighted by Gasteiger charge is -2.16. The van der Waals surface area contributed by atoms with Gasteiger partial charge in [-0.2, -0.15) is 5.10 Å². The molecule has 0 bridgehead atoms. The number of thioether (sulfide) groups is 2. The number of carbonyl (C=O) groups is 1. The van der Waals surface area contributed by atoms with Gasteiger partial charge in [0, 0.05) is 17.1 Å². The second-order valence-corrected chi connectivity index (χ2v) is 8.68. The van der Waals surface area contributed by atoms with E-state index >= 15 is 0 Å². The van der Waals surface area contributed by atoms with E-state index in [-0.39, 0.29) is 11.2 Å². The van der Waals surface area contributed by atoms with Crippen molar-refractivity contribution >= 4 is 40.3 Å². The Balaban J connectivity index is 1.65. The third-order valence-corrected chi connectivity index (χ3v) is 6.19. The number of nitrogens with one attached hydrogen (secondary N) is 1. The Morgan fingerprint density at radius 2 is 1.82 bits per heavy atom. The number of amidine groups is 1. The van der Waals surface area contributed by atoms with Gasteiger partial charge in [0.2, 0.25) is 5.91 Å². The van der Waals surface area contributed by atoms with Crippen LogP contribution in [0.1, 0.15) is 35.9 Å². The minimum absolute atomic E-state index is 0.101. The number of nitrogens with zero attached hydrogens (tertiary/aromatic N) is 4. The minimum atomic E-state index is -0.285. The predicted octanol–water partition coefficient (Wildman–Crippen LogP) is 3.90. The summed E-state index contributed by atoms with van der Waals surface area (Å²) in [4.78, 5) is 21.5. The molecule has 28 heavy (non-hydrogen) atoms. The number of aromatic nitrogens is 2. The van der Waals surface area contributed by atoms with Crippen molar-refractivity contribution in [2.75, 3.05) is 5.75 Å². The van der Waals surface area contributed by atoms with Crippen molar-refractivity contribution in [1.82, 2.24) is 15.3 Å². The first-order chi connectivity index (χ1) is 13.4. The quantitative estimate of drug-likeness (QED) is 0.594. The molecule has 1 atom stereocenters. The molecule has 0 unspecified atom stereocenters. The van der Waals surface area contributed by atoms with E-state index in [1.165, 1.54) is 29.1 Å². The van der Waals surface area contributed by atoms with Crippen LogP contribution in [0.25, 0.3) is 0 Å². The molecule has 6 nitrogen and oxygen atoms in total. The highest BCUT2D eigenvalue weighted by Gasteiger charge is 2.22. The van der Waals surface area contributed by atoms with Gasteiger partial charge in [-0.15, -0.1) is 5.10 Å². The molecule has 0 fully saturated rings. The van der Waals surface area contributed by atoms with Crippen molar-refractivity contribution in [3.05, 3.63) is 52.8 Å². The van der Waals surface area contributed by atoms with Crippen molar-refractivity contribution < 1.29 is 4.79 Å². The Bertz CT molecular complexity index is 904. The number of hydrogen-bond donors (Lipinski definition) is 1. The van der Waals surface area contributed by atoms with Gasteiger partial charge < -0.3 is 5.32 Å². The van der Waals surface area contributed by atoms with Crippen molar-refractivity contribution in [1.29, 1.82) is 0 Å². The minimum Gasteiger partial charge on any atom is -0.303 e. The maximum absolute atomic E-state index is 12.7. The van der Waals surface area contributed by atoms with Crippen LogP contribution < -0.4 is 5.32 Å². The van der Waals surface area contributed by atoms with Crippen LogP contribution in [0.4, 0.5) is 0 Å². The molecule has 2 heterocycles. The van der Waals surface area contributed by atoms with Crippen molar-refractivity contribution in [2.24, 2.45) is 10.2 Å². The molecular formula is C20H23N5OS2. The fourth-order valence-corrected chi connectivity index (χ4v) is 4.38. The van der Waals surface area contributed by atoms with E-state index in [4.69, 9.17) is 0 Å². The summed E-state index contributed by atoms with van der Waals surface area (Å²) in [5.74, 6) is 0.572. The molecule has 146 valence electrons. The summed E-state index contributed by atoms with van der Waals surface area (Å²) in [7, 11) is 0. The monoisotopic (exact) mass is 413 g/mol. The average molecular weight is 414 g/mol. The second-order valence-electron chi connectivity index (χ2n) is 6.54. The topological polar surface area (TPSA) is 79.6 Å². The summed E-state index contributed by atoms with van der Waals surface area (Å²) < 4.78 is 0. The smallest absolute Gasteiger partial charge is 0.239 e. The summed E-state index contributed by atoms with van der Waals surface area (Å²) in [6.07, 6.45) is 0.669. The van der Waals surface area contributed by atoms with Crippen molar-refractivity contribution in [3.8, 4) is 0 Å². The van der Waals surface area contributed by atoms with Gasteiger partial charge in [-0.05, 0) is 38.8 Å². The van der Waals surface area contributed by atoms with Crippen molar-refractivity contribution in [3.63, 3.8) is 0 Å². The van der Waals surface area contributed by atoms with Gasteiger partial charge in [0.25, 0.3) is 0 Å². The predicted molar refractivity (Wildman–Crippen MR) is 117 cm³/mol. The standard InChI is InChI=1S/C20H23N5OS2/c1-5-17(28-19-21-13(3)10-14(4)22-19)18(26)23-20-25-24-16(11-27-20)15-8-6-12(2)7-9-15/h6-10,17H,5,11H2,1-4H3,(H,23,25,26)/t17-/m0/s1. The first-order valence-electron chi connectivity index (χ1n) is 9.08. The first-order valence-corrected chi connectivity index (χ1v) is 10.9. The zero-order valence-corrected chi connectivity index (χ0v) is 18.0. The zero-order chi connectivity index (χ0) is 20.1. The van der Waals surface area contributed by atoms with Gasteiger partial charge in [0.05, 0.1) is 11.0 Å². The molecule has 1 aromatic carbocycles. The van der Waals surface area contributed by atoms with Crippen LogP contribution in [0.15, 0.2) is 45.7 Å². The van der Waals surface area contributed by atoms with E-state index in [1.807, 2.05) is 39.0 Å². The average Bonchev–Trinajstić information content (AvgIpc) is 2.66. The SMILES string of the molecule is CC[C@H](Sc1nc(C)cc(C)n1)C(=O)NC1=NN=C(c2ccc(C)cc2)CS1. The van der Waals surface area contributed by atoms with E-state index < -0.39 is 0 Å². The number of benzene rings is 1. The lowest BCUT2D eigenvalue weighted by molar-refractivity contribution is -0.119. The van der Waals surface area contributed by atoms with E-state index in [1.54, 1.807) is 0 Å². The summed E-state index contributed by atoms with van der Waals surface area (Å²) >= 11 is 2.86. The van der Waals surface area contributed by atoms with Crippen molar-refractivity contribution in [2.45, 2.75) is 44.5 Å². The summed E-state index contributed by atoms with van der Waals surface area (Å²) in [5, 5.41) is 12.2. The van der Waals surface area contributed by atoms with Crippen LogP contribution in [0, 0.1) is 20.8 Å². The number of aryl methyl sites for hydroxylation is 3. The first kappa shape index (κ1) is 20.5. The molecule has 1 aromatic heterocycles. The third-order valence-electron chi connectivity index (χ3n) is 4.09. The molecule has 0 saturated carbocycles. The molecule has 0 aliphatic carbocycles. The third kappa shape index (κ3) is 5.42. The fourth-order valence-electron chi connectivity index (χ4n) is 2.63. The number of hydrogen-bond acceptors (Lipinski definition) is 7. The Morgan fingerprint density at radius 3 is 2.39 bits per heavy atom. The summed E-state index contributed by atoms with van der Waals surface area (Å²) in [6, 6.07) is 10.1. The molecule has 1 amide bonds. The van der Waals surface area contributed by atoms with Gasteiger partial charge in [-0.3, -0.25) is 4.79 Å². The van der Waals surface area contributed by atoms with Crippen LogP contribution in [0.3, 0.4) is 0 Å². The maximum atomic E-state index is 12.7. The lowest BCUT2D eigenvalue weighted by Crippen LogP contribution is -2.37. The van der Waals surface area contributed by atoms with Crippen LogP contribution in [-0.2, 0) is 4.79 Å². The highest BCUT2D eigenvalue weighted by molar-refractivity contribution is 8.14. The van der Waals surface area contributed by atoms with Gasteiger partial charge >= 0.3 is 0 Å². The molecule has 1 N–H and O–H groups in total. The van der Waals surface area contributed by atoms with Crippen LogP contribution >= 0.6 is 23.5 Å². The second kappa shape index (κ2) is 9.34. The lowest BCUT2D eigenvalue weighted by atomic mass is 10.1. The Hall–Kier alpha value is -2.19. The maximum Gasteiger partial charge on any atom is 0.239 e. The Kier molecular flexibility index (Phi) is 6.85. The molecular weight excluding hydrogens is 390 g/mol.